The number of rotatable bonds is 5. The molecular formula is C13H22N2O4. The van der Waals surface area contributed by atoms with Crippen molar-refractivity contribution in [2.75, 3.05) is 0 Å². The quantitative estimate of drug-likeness (QED) is 0.595. The molecular weight excluding hydrogens is 248 g/mol. The Hall–Kier alpha value is -1.30. The van der Waals surface area contributed by atoms with Crippen molar-refractivity contribution >= 4 is 12.0 Å². The van der Waals surface area contributed by atoms with Crippen molar-refractivity contribution in [2.45, 2.75) is 63.1 Å². The van der Waals surface area contributed by atoms with Gasteiger partial charge in [-0.2, -0.15) is 0 Å². The number of carboxylic acids is 1. The molecule has 3 atom stereocenters. The minimum Gasteiger partial charge on any atom is -0.481 e. The third kappa shape index (κ3) is 4.38. The monoisotopic (exact) mass is 270 g/mol. The maximum Gasteiger partial charge on any atom is 0.315 e. The molecule has 0 saturated heterocycles. The van der Waals surface area contributed by atoms with E-state index in [1.165, 1.54) is 0 Å². The van der Waals surface area contributed by atoms with Crippen LogP contribution in [0.3, 0.4) is 0 Å². The summed E-state index contributed by atoms with van der Waals surface area (Å²) < 4.78 is 0. The van der Waals surface area contributed by atoms with Gasteiger partial charge in [0.15, 0.2) is 0 Å². The van der Waals surface area contributed by atoms with Gasteiger partial charge in [0.1, 0.15) is 0 Å². The number of aliphatic carboxylic acids is 1. The number of carboxylic acid groups (broad SMARTS) is 1. The first kappa shape index (κ1) is 14.1. The molecule has 0 radical (unpaired) electrons. The van der Waals surface area contributed by atoms with Crippen LogP contribution in [0.1, 0.15) is 44.9 Å². The predicted octanol–water partition coefficient (Wildman–Crippen LogP) is 0.842. The van der Waals surface area contributed by atoms with E-state index < -0.39 is 12.1 Å². The van der Waals surface area contributed by atoms with E-state index in [1.54, 1.807) is 0 Å². The van der Waals surface area contributed by atoms with Crippen LogP contribution in [0.15, 0.2) is 0 Å². The highest BCUT2D eigenvalue weighted by atomic mass is 16.4. The average molecular weight is 270 g/mol. The van der Waals surface area contributed by atoms with Crippen LogP contribution in [0.25, 0.3) is 0 Å². The van der Waals surface area contributed by atoms with Crippen molar-refractivity contribution in [2.24, 2.45) is 5.92 Å². The Morgan fingerprint density at radius 3 is 2.42 bits per heavy atom. The van der Waals surface area contributed by atoms with E-state index in [0.29, 0.717) is 6.42 Å². The Kier molecular flexibility index (Phi) is 4.63. The zero-order valence-corrected chi connectivity index (χ0v) is 11.0. The summed E-state index contributed by atoms with van der Waals surface area (Å²) in [5.41, 5.74) is 0. The van der Waals surface area contributed by atoms with Gasteiger partial charge < -0.3 is 20.8 Å². The SMILES string of the molecule is O=C(O)CC(NC(=O)NC1CCCCC1O)C1CC1. The molecule has 0 aromatic rings. The van der Waals surface area contributed by atoms with Crippen molar-refractivity contribution in [1.82, 2.24) is 10.6 Å². The van der Waals surface area contributed by atoms with Gasteiger partial charge in [-0.15, -0.1) is 0 Å². The first-order valence-electron chi connectivity index (χ1n) is 7.03. The molecule has 2 aliphatic rings. The van der Waals surface area contributed by atoms with Crippen LogP contribution < -0.4 is 10.6 Å². The van der Waals surface area contributed by atoms with Crippen molar-refractivity contribution in [3.05, 3.63) is 0 Å². The fourth-order valence-corrected chi connectivity index (χ4v) is 2.68. The molecule has 0 spiro atoms. The molecule has 2 amide bonds. The summed E-state index contributed by atoms with van der Waals surface area (Å²) in [5.74, 6) is -0.604. The van der Waals surface area contributed by atoms with E-state index in [4.69, 9.17) is 5.11 Å². The lowest BCUT2D eigenvalue weighted by atomic mass is 9.93. The number of amides is 2. The first-order chi connectivity index (χ1) is 9.06. The largest absolute Gasteiger partial charge is 0.481 e. The maximum atomic E-state index is 11.9. The van der Waals surface area contributed by atoms with Crippen LogP contribution in [-0.4, -0.2) is 40.4 Å². The Balaban J connectivity index is 1.79. The molecule has 19 heavy (non-hydrogen) atoms. The van der Waals surface area contributed by atoms with Crippen molar-refractivity contribution in [3.63, 3.8) is 0 Å². The lowest BCUT2D eigenvalue weighted by molar-refractivity contribution is -0.137. The van der Waals surface area contributed by atoms with E-state index in [-0.39, 0.29) is 30.5 Å². The Morgan fingerprint density at radius 1 is 1.16 bits per heavy atom. The molecule has 3 unspecified atom stereocenters. The Labute approximate surface area is 112 Å². The van der Waals surface area contributed by atoms with Crippen molar-refractivity contribution in [3.8, 4) is 0 Å². The first-order valence-corrected chi connectivity index (χ1v) is 7.03. The topological polar surface area (TPSA) is 98.7 Å². The van der Waals surface area contributed by atoms with Crippen LogP contribution in [0.2, 0.25) is 0 Å². The van der Waals surface area contributed by atoms with Gasteiger partial charge in [0.25, 0.3) is 0 Å². The van der Waals surface area contributed by atoms with E-state index in [0.717, 1.165) is 32.1 Å². The summed E-state index contributed by atoms with van der Waals surface area (Å²) in [7, 11) is 0. The molecule has 0 aromatic carbocycles. The Bertz CT molecular complexity index is 344. The Morgan fingerprint density at radius 2 is 1.84 bits per heavy atom. The molecule has 0 bridgehead atoms. The molecule has 2 saturated carbocycles. The number of hydrogen-bond acceptors (Lipinski definition) is 3. The van der Waals surface area contributed by atoms with E-state index >= 15 is 0 Å². The zero-order chi connectivity index (χ0) is 13.8. The second kappa shape index (κ2) is 6.23. The summed E-state index contributed by atoms with van der Waals surface area (Å²) in [6.07, 6.45) is 4.92. The van der Waals surface area contributed by atoms with Crippen LogP contribution >= 0.6 is 0 Å². The number of hydrogen-bond donors (Lipinski definition) is 4. The highest BCUT2D eigenvalue weighted by Crippen LogP contribution is 2.34. The van der Waals surface area contributed by atoms with Crippen LogP contribution in [0.5, 0.6) is 0 Å². The molecule has 4 N–H and O–H groups in total. The van der Waals surface area contributed by atoms with Gasteiger partial charge in [-0.05, 0) is 31.6 Å². The van der Waals surface area contributed by atoms with Crippen LogP contribution in [0, 0.1) is 5.92 Å². The summed E-state index contributed by atoms with van der Waals surface area (Å²) in [4.78, 5) is 22.6. The van der Waals surface area contributed by atoms with E-state index in [2.05, 4.69) is 10.6 Å². The van der Waals surface area contributed by atoms with Crippen LogP contribution in [0.4, 0.5) is 4.79 Å². The summed E-state index contributed by atoms with van der Waals surface area (Å²) >= 11 is 0. The summed E-state index contributed by atoms with van der Waals surface area (Å²) in [6.45, 7) is 0. The smallest absolute Gasteiger partial charge is 0.315 e. The van der Waals surface area contributed by atoms with Gasteiger partial charge in [0, 0.05) is 6.04 Å². The van der Waals surface area contributed by atoms with Gasteiger partial charge >= 0.3 is 12.0 Å². The van der Waals surface area contributed by atoms with E-state index in [1.807, 2.05) is 0 Å². The van der Waals surface area contributed by atoms with E-state index in [9.17, 15) is 14.7 Å². The van der Waals surface area contributed by atoms with Crippen molar-refractivity contribution in [1.29, 1.82) is 0 Å². The molecule has 0 aromatic heterocycles. The fraction of sp³-hybridized carbons (Fsp3) is 0.846. The number of urea groups is 1. The molecule has 2 fully saturated rings. The van der Waals surface area contributed by atoms with Gasteiger partial charge in [-0.25, -0.2) is 4.79 Å². The van der Waals surface area contributed by atoms with Gasteiger partial charge in [0.05, 0.1) is 18.6 Å². The molecule has 108 valence electrons. The highest BCUT2D eigenvalue weighted by molar-refractivity contribution is 5.76. The van der Waals surface area contributed by atoms with Gasteiger partial charge in [-0.3, -0.25) is 4.79 Å². The molecule has 2 rings (SSSR count). The number of carbonyl (C=O) groups excluding carboxylic acids is 1. The molecule has 6 heteroatoms. The van der Waals surface area contributed by atoms with Gasteiger partial charge in [-0.1, -0.05) is 12.8 Å². The zero-order valence-electron chi connectivity index (χ0n) is 11.0. The average Bonchev–Trinajstić information content (AvgIpc) is 3.14. The highest BCUT2D eigenvalue weighted by Gasteiger charge is 2.34. The number of nitrogens with one attached hydrogen (secondary N) is 2. The molecule has 6 nitrogen and oxygen atoms in total. The third-order valence-electron chi connectivity index (χ3n) is 3.95. The number of carbonyl (C=O) groups is 2. The number of aliphatic hydroxyl groups is 1. The fourth-order valence-electron chi connectivity index (χ4n) is 2.68. The normalized spacial score (nSPS) is 28.5. The minimum absolute atomic E-state index is 0.0364. The van der Waals surface area contributed by atoms with Gasteiger partial charge in [0.2, 0.25) is 0 Å². The maximum absolute atomic E-state index is 11.9. The standard InChI is InChI=1S/C13H22N2O4/c16-11-4-2-1-3-9(11)14-13(19)15-10(7-12(17)18)8-5-6-8/h8-11,16H,1-7H2,(H,17,18)(H2,14,15,19). The lowest BCUT2D eigenvalue weighted by Crippen LogP contribution is -2.52. The molecule has 2 aliphatic carbocycles. The number of aliphatic hydroxyl groups excluding tert-OH is 1. The minimum atomic E-state index is -0.894. The second-order valence-corrected chi connectivity index (χ2v) is 5.62. The molecule has 0 aliphatic heterocycles. The molecule has 0 heterocycles. The second-order valence-electron chi connectivity index (χ2n) is 5.62. The lowest BCUT2D eigenvalue weighted by Gasteiger charge is -2.29. The summed E-state index contributed by atoms with van der Waals surface area (Å²) in [6, 6.07) is -0.860. The van der Waals surface area contributed by atoms with Crippen LogP contribution in [-0.2, 0) is 4.79 Å². The third-order valence-corrected chi connectivity index (χ3v) is 3.95. The summed E-state index contributed by atoms with van der Waals surface area (Å²) in [5, 5.41) is 24.1. The predicted molar refractivity (Wildman–Crippen MR) is 68.7 cm³/mol. The van der Waals surface area contributed by atoms with Crippen molar-refractivity contribution < 1.29 is 19.8 Å².